The molecule has 1 fully saturated rings. The maximum Gasteiger partial charge on any atom is 0.408 e. The third kappa shape index (κ3) is 2.27. The lowest BCUT2D eigenvalue weighted by Crippen LogP contribution is -2.58. The number of halogens is 3. The molecule has 0 saturated carbocycles. The molecule has 1 heterocycles. The summed E-state index contributed by atoms with van der Waals surface area (Å²) in [5, 5.41) is 0. The van der Waals surface area contributed by atoms with E-state index in [1.165, 1.54) is 19.2 Å². The summed E-state index contributed by atoms with van der Waals surface area (Å²) < 4.78 is 42.6. The fraction of sp³-hybridized carbons (Fsp3) is 0.417. The number of amides is 1. The Bertz CT molecular complexity index is 459. The van der Waals surface area contributed by atoms with Gasteiger partial charge in [-0.1, -0.05) is 6.07 Å². The van der Waals surface area contributed by atoms with Gasteiger partial charge in [0.05, 0.1) is 7.11 Å². The van der Waals surface area contributed by atoms with E-state index < -0.39 is 18.1 Å². The van der Waals surface area contributed by atoms with Crippen LogP contribution in [0.3, 0.4) is 0 Å². The second-order valence-electron chi connectivity index (χ2n) is 4.08. The van der Waals surface area contributed by atoms with E-state index in [0.29, 0.717) is 5.75 Å². The molecule has 0 spiro atoms. The molecule has 0 aromatic heterocycles. The van der Waals surface area contributed by atoms with E-state index >= 15 is 0 Å². The summed E-state index contributed by atoms with van der Waals surface area (Å²) >= 11 is 0. The van der Waals surface area contributed by atoms with Crippen LogP contribution in [0.1, 0.15) is 16.8 Å². The topological polar surface area (TPSA) is 29.5 Å². The zero-order chi connectivity index (χ0) is 13.3. The van der Waals surface area contributed by atoms with Crippen LogP contribution >= 0.6 is 0 Å². The Hall–Kier alpha value is -1.72. The van der Waals surface area contributed by atoms with Crippen LogP contribution in [-0.2, 0) is 0 Å². The average molecular weight is 259 g/mol. The minimum atomic E-state index is -4.35. The zero-order valence-electron chi connectivity index (χ0n) is 9.70. The third-order valence-corrected chi connectivity index (χ3v) is 2.98. The van der Waals surface area contributed by atoms with Crippen molar-refractivity contribution in [1.82, 2.24) is 4.90 Å². The molecule has 1 atom stereocenters. The number of ether oxygens (including phenoxy) is 1. The number of hydrogen-bond acceptors (Lipinski definition) is 2. The van der Waals surface area contributed by atoms with Crippen LogP contribution in [0.2, 0.25) is 0 Å². The minimum Gasteiger partial charge on any atom is -0.497 e. The molecule has 1 aromatic rings. The summed E-state index contributed by atoms with van der Waals surface area (Å²) in [6.07, 6.45) is -4.38. The molecule has 1 amide bonds. The van der Waals surface area contributed by atoms with Crippen molar-refractivity contribution in [2.24, 2.45) is 0 Å². The molecule has 0 N–H and O–H groups in total. The fourth-order valence-corrected chi connectivity index (χ4v) is 1.89. The standard InChI is InChI=1S/C12H12F3NO2/c1-18-9-4-2-3-8(7-9)11(17)16-6-5-10(16)12(13,14)15/h2-4,7,10H,5-6H2,1H3/t10-/m0/s1. The van der Waals surface area contributed by atoms with E-state index in [0.717, 1.165) is 4.90 Å². The average Bonchev–Trinajstić information content (AvgIpc) is 2.25. The number of alkyl halides is 3. The van der Waals surface area contributed by atoms with Gasteiger partial charge in [0.25, 0.3) is 5.91 Å². The van der Waals surface area contributed by atoms with Gasteiger partial charge in [0.1, 0.15) is 11.8 Å². The minimum absolute atomic E-state index is 0.0286. The van der Waals surface area contributed by atoms with E-state index in [1.54, 1.807) is 12.1 Å². The number of carbonyl (C=O) groups is 1. The van der Waals surface area contributed by atoms with Crippen LogP contribution in [0.5, 0.6) is 5.75 Å². The van der Waals surface area contributed by atoms with Crippen LogP contribution in [0.25, 0.3) is 0 Å². The molecule has 98 valence electrons. The molecule has 2 rings (SSSR count). The van der Waals surface area contributed by atoms with Crippen molar-refractivity contribution >= 4 is 5.91 Å². The van der Waals surface area contributed by atoms with Gasteiger partial charge in [-0.25, -0.2) is 0 Å². The summed E-state index contributed by atoms with van der Waals surface area (Å²) in [5.74, 6) is -0.160. The maximum absolute atomic E-state index is 12.6. The van der Waals surface area contributed by atoms with Crippen LogP contribution in [0, 0.1) is 0 Å². The number of likely N-dealkylation sites (tertiary alicyclic amines) is 1. The second kappa shape index (κ2) is 4.51. The number of nitrogens with zero attached hydrogens (tertiary/aromatic N) is 1. The Morgan fingerprint density at radius 1 is 1.44 bits per heavy atom. The van der Waals surface area contributed by atoms with Crippen LogP contribution < -0.4 is 4.74 Å². The summed E-state index contributed by atoms with van der Waals surface area (Å²) in [5.41, 5.74) is 0.211. The Labute approximate surface area is 102 Å². The van der Waals surface area contributed by atoms with Crippen molar-refractivity contribution in [1.29, 1.82) is 0 Å². The second-order valence-corrected chi connectivity index (χ2v) is 4.08. The largest absolute Gasteiger partial charge is 0.497 e. The van der Waals surface area contributed by atoms with Crippen LogP contribution in [0.15, 0.2) is 24.3 Å². The monoisotopic (exact) mass is 259 g/mol. The van der Waals surface area contributed by atoms with Gasteiger partial charge in [0.2, 0.25) is 0 Å². The van der Waals surface area contributed by atoms with Gasteiger partial charge in [0, 0.05) is 12.1 Å². The summed E-state index contributed by atoms with van der Waals surface area (Å²) in [4.78, 5) is 12.8. The molecule has 6 heteroatoms. The molecule has 0 radical (unpaired) electrons. The Morgan fingerprint density at radius 3 is 2.67 bits per heavy atom. The number of carbonyl (C=O) groups excluding carboxylic acids is 1. The highest BCUT2D eigenvalue weighted by Gasteiger charge is 2.50. The van der Waals surface area contributed by atoms with Gasteiger partial charge < -0.3 is 9.64 Å². The van der Waals surface area contributed by atoms with Gasteiger partial charge in [-0.15, -0.1) is 0 Å². The fourth-order valence-electron chi connectivity index (χ4n) is 1.89. The Balaban J connectivity index is 2.16. The quantitative estimate of drug-likeness (QED) is 0.816. The molecule has 0 unspecified atom stereocenters. The summed E-state index contributed by atoms with van der Waals surface area (Å²) in [6, 6.07) is 4.48. The van der Waals surface area contributed by atoms with Gasteiger partial charge in [-0.2, -0.15) is 13.2 Å². The van der Waals surface area contributed by atoms with Crippen LogP contribution in [-0.4, -0.2) is 36.7 Å². The van der Waals surface area contributed by atoms with E-state index in [1.807, 2.05) is 0 Å². The Kier molecular flexibility index (Phi) is 3.19. The van der Waals surface area contributed by atoms with Crippen molar-refractivity contribution in [3.05, 3.63) is 29.8 Å². The highest BCUT2D eigenvalue weighted by atomic mass is 19.4. The van der Waals surface area contributed by atoms with Gasteiger partial charge >= 0.3 is 6.18 Å². The lowest BCUT2D eigenvalue weighted by molar-refractivity contribution is -0.199. The number of rotatable bonds is 2. The molecule has 1 aromatic carbocycles. The molecular weight excluding hydrogens is 247 g/mol. The Morgan fingerprint density at radius 2 is 2.17 bits per heavy atom. The first-order valence-corrected chi connectivity index (χ1v) is 5.45. The first-order valence-electron chi connectivity index (χ1n) is 5.45. The molecule has 1 saturated heterocycles. The van der Waals surface area contributed by atoms with Gasteiger partial charge in [0.15, 0.2) is 0 Å². The van der Waals surface area contributed by atoms with Crippen LogP contribution in [0.4, 0.5) is 13.2 Å². The van der Waals surface area contributed by atoms with Crippen molar-refractivity contribution in [2.45, 2.75) is 18.6 Å². The molecular formula is C12H12F3NO2. The van der Waals surface area contributed by atoms with Crippen molar-refractivity contribution in [2.75, 3.05) is 13.7 Å². The maximum atomic E-state index is 12.6. The van der Waals surface area contributed by atoms with Crippen molar-refractivity contribution in [3.63, 3.8) is 0 Å². The lowest BCUT2D eigenvalue weighted by atomic mass is 10.0. The zero-order valence-corrected chi connectivity index (χ0v) is 9.70. The predicted octanol–water partition coefficient (Wildman–Crippen LogP) is 2.47. The van der Waals surface area contributed by atoms with E-state index in [4.69, 9.17) is 4.74 Å². The van der Waals surface area contributed by atoms with Gasteiger partial charge in [-0.3, -0.25) is 4.79 Å². The van der Waals surface area contributed by atoms with Crippen molar-refractivity contribution < 1.29 is 22.7 Å². The highest BCUT2D eigenvalue weighted by Crippen LogP contribution is 2.34. The molecule has 0 bridgehead atoms. The first kappa shape index (κ1) is 12.7. The highest BCUT2D eigenvalue weighted by molar-refractivity contribution is 5.95. The normalized spacial score (nSPS) is 19.3. The number of hydrogen-bond donors (Lipinski definition) is 0. The molecule has 1 aliphatic heterocycles. The molecule has 18 heavy (non-hydrogen) atoms. The molecule has 0 aliphatic carbocycles. The van der Waals surface area contributed by atoms with E-state index in [-0.39, 0.29) is 18.5 Å². The van der Waals surface area contributed by atoms with Crippen molar-refractivity contribution in [3.8, 4) is 5.75 Å². The molecule has 3 nitrogen and oxygen atoms in total. The van der Waals surface area contributed by atoms with Gasteiger partial charge in [-0.05, 0) is 24.6 Å². The summed E-state index contributed by atoms with van der Waals surface area (Å²) in [7, 11) is 1.44. The number of benzene rings is 1. The predicted molar refractivity (Wildman–Crippen MR) is 58.5 cm³/mol. The first-order chi connectivity index (χ1) is 8.43. The smallest absolute Gasteiger partial charge is 0.408 e. The van der Waals surface area contributed by atoms with E-state index in [9.17, 15) is 18.0 Å². The lowest BCUT2D eigenvalue weighted by Gasteiger charge is -2.41. The number of methoxy groups -OCH3 is 1. The summed E-state index contributed by atoms with van der Waals surface area (Å²) in [6.45, 7) is 0.139. The van der Waals surface area contributed by atoms with E-state index in [2.05, 4.69) is 0 Å². The third-order valence-electron chi connectivity index (χ3n) is 2.98. The SMILES string of the molecule is COc1cccc(C(=O)N2CC[C@H]2C(F)(F)F)c1. The molecule has 1 aliphatic rings.